The number of piperidine rings is 1. The van der Waals surface area contributed by atoms with Gasteiger partial charge in [0, 0.05) is 18.1 Å². The van der Waals surface area contributed by atoms with E-state index in [1.807, 2.05) is 0 Å². The fourth-order valence-corrected chi connectivity index (χ4v) is 4.27. The van der Waals surface area contributed by atoms with Crippen molar-refractivity contribution in [1.82, 2.24) is 10.2 Å². The summed E-state index contributed by atoms with van der Waals surface area (Å²) in [6, 6.07) is 2.21. The Morgan fingerprint density at radius 2 is 1.95 bits per heavy atom. The van der Waals surface area contributed by atoms with Gasteiger partial charge in [-0.25, -0.2) is 0 Å². The molecule has 0 bridgehead atoms. The summed E-state index contributed by atoms with van der Waals surface area (Å²) < 4.78 is 0. The van der Waals surface area contributed by atoms with Gasteiger partial charge in [-0.1, -0.05) is 27.7 Å². The normalized spacial score (nSPS) is 39.6. The van der Waals surface area contributed by atoms with Crippen LogP contribution in [0.5, 0.6) is 0 Å². The van der Waals surface area contributed by atoms with Crippen LogP contribution in [0.15, 0.2) is 0 Å². The summed E-state index contributed by atoms with van der Waals surface area (Å²) in [5.41, 5.74) is 0.459. The third-order valence-electron chi connectivity index (χ3n) is 5.77. The minimum absolute atomic E-state index is 0.459. The maximum absolute atomic E-state index is 3.86. The van der Waals surface area contributed by atoms with Crippen molar-refractivity contribution in [3.63, 3.8) is 0 Å². The van der Waals surface area contributed by atoms with E-state index < -0.39 is 0 Å². The molecule has 2 heteroatoms. The third kappa shape index (κ3) is 3.16. The molecule has 2 nitrogen and oxygen atoms in total. The number of nitrogens with one attached hydrogen (secondary N) is 1. The largest absolute Gasteiger partial charge is 0.312 e. The van der Waals surface area contributed by atoms with E-state index in [-0.39, 0.29) is 0 Å². The van der Waals surface area contributed by atoms with E-state index in [0.717, 1.165) is 18.0 Å². The van der Waals surface area contributed by atoms with Crippen molar-refractivity contribution in [2.24, 2.45) is 11.3 Å². The lowest BCUT2D eigenvalue weighted by atomic mass is 9.84. The molecule has 1 saturated heterocycles. The Bertz CT molecular complexity index is 287. The number of rotatable bonds is 4. The van der Waals surface area contributed by atoms with Gasteiger partial charge in [-0.05, 0) is 63.5 Å². The lowest BCUT2D eigenvalue weighted by molar-refractivity contribution is 0.0487. The van der Waals surface area contributed by atoms with Crippen LogP contribution in [-0.4, -0.2) is 36.1 Å². The highest BCUT2D eigenvalue weighted by molar-refractivity contribution is 5.02. The van der Waals surface area contributed by atoms with Crippen molar-refractivity contribution < 1.29 is 0 Å². The predicted molar refractivity (Wildman–Crippen MR) is 83.5 cm³/mol. The summed E-state index contributed by atoms with van der Waals surface area (Å²) >= 11 is 0. The SMILES string of the molecule is CCCNC1C(N2CCCC(C)C2C)CCC1(C)C. The molecule has 0 amide bonds. The standard InChI is InChI=1S/C17H34N2/c1-6-11-18-16-15(9-10-17(16,4)5)19-12-7-8-13(2)14(19)3/h13-16,18H,6-12H2,1-5H3. The number of hydrogen-bond donors (Lipinski definition) is 1. The van der Waals surface area contributed by atoms with Crippen LogP contribution in [0.2, 0.25) is 0 Å². The van der Waals surface area contributed by atoms with Gasteiger partial charge in [-0.2, -0.15) is 0 Å². The summed E-state index contributed by atoms with van der Waals surface area (Å²) in [7, 11) is 0. The fourth-order valence-electron chi connectivity index (χ4n) is 4.27. The van der Waals surface area contributed by atoms with Crippen LogP contribution in [0, 0.1) is 11.3 Å². The zero-order chi connectivity index (χ0) is 14.0. The lowest BCUT2D eigenvalue weighted by Gasteiger charge is -2.45. The van der Waals surface area contributed by atoms with E-state index in [1.54, 1.807) is 0 Å². The van der Waals surface area contributed by atoms with Gasteiger partial charge in [0.25, 0.3) is 0 Å². The summed E-state index contributed by atoms with van der Waals surface area (Å²) in [6.07, 6.45) is 6.80. The molecule has 0 spiro atoms. The minimum atomic E-state index is 0.459. The quantitative estimate of drug-likeness (QED) is 0.835. The number of likely N-dealkylation sites (tertiary alicyclic amines) is 1. The molecule has 2 fully saturated rings. The first-order chi connectivity index (χ1) is 8.97. The van der Waals surface area contributed by atoms with Gasteiger partial charge >= 0.3 is 0 Å². The average Bonchev–Trinajstić information content (AvgIpc) is 2.66. The smallest absolute Gasteiger partial charge is 0.0274 e. The molecule has 2 aliphatic rings. The van der Waals surface area contributed by atoms with E-state index in [1.165, 1.54) is 45.2 Å². The van der Waals surface area contributed by atoms with Crippen molar-refractivity contribution in [3.05, 3.63) is 0 Å². The highest BCUT2D eigenvalue weighted by Crippen LogP contribution is 2.42. The van der Waals surface area contributed by atoms with E-state index >= 15 is 0 Å². The van der Waals surface area contributed by atoms with Crippen molar-refractivity contribution in [2.45, 2.75) is 84.8 Å². The lowest BCUT2D eigenvalue weighted by Crippen LogP contribution is -2.57. The molecule has 0 aromatic rings. The van der Waals surface area contributed by atoms with E-state index in [0.29, 0.717) is 11.5 Å². The van der Waals surface area contributed by atoms with Crippen LogP contribution in [-0.2, 0) is 0 Å². The van der Waals surface area contributed by atoms with Crippen LogP contribution in [0.4, 0.5) is 0 Å². The second-order valence-corrected chi connectivity index (χ2v) is 7.62. The van der Waals surface area contributed by atoms with Crippen molar-refractivity contribution in [1.29, 1.82) is 0 Å². The molecule has 1 aliphatic heterocycles. The Morgan fingerprint density at radius 1 is 1.21 bits per heavy atom. The first-order valence-electron chi connectivity index (χ1n) is 8.46. The second-order valence-electron chi connectivity index (χ2n) is 7.62. The van der Waals surface area contributed by atoms with Gasteiger partial charge in [0.1, 0.15) is 0 Å². The van der Waals surface area contributed by atoms with Gasteiger partial charge in [-0.3, -0.25) is 4.90 Å². The molecular formula is C17H34N2. The highest BCUT2D eigenvalue weighted by Gasteiger charge is 2.45. The Morgan fingerprint density at radius 3 is 2.63 bits per heavy atom. The molecule has 1 saturated carbocycles. The van der Waals surface area contributed by atoms with Crippen molar-refractivity contribution >= 4 is 0 Å². The topological polar surface area (TPSA) is 15.3 Å². The Hall–Kier alpha value is -0.0800. The first kappa shape index (κ1) is 15.3. The fraction of sp³-hybridized carbons (Fsp3) is 1.00. The van der Waals surface area contributed by atoms with Crippen LogP contribution in [0.1, 0.15) is 66.7 Å². The molecule has 0 radical (unpaired) electrons. The molecule has 0 aromatic heterocycles. The van der Waals surface area contributed by atoms with Gasteiger partial charge in [0.2, 0.25) is 0 Å². The van der Waals surface area contributed by atoms with Gasteiger partial charge in [0.05, 0.1) is 0 Å². The molecule has 1 aliphatic carbocycles. The van der Waals surface area contributed by atoms with Crippen LogP contribution < -0.4 is 5.32 Å². The molecule has 19 heavy (non-hydrogen) atoms. The zero-order valence-electron chi connectivity index (χ0n) is 13.7. The van der Waals surface area contributed by atoms with Gasteiger partial charge in [-0.15, -0.1) is 0 Å². The molecule has 1 N–H and O–H groups in total. The Labute approximate surface area is 120 Å². The molecular weight excluding hydrogens is 232 g/mol. The highest BCUT2D eigenvalue weighted by atomic mass is 15.2. The number of hydrogen-bond acceptors (Lipinski definition) is 2. The first-order valence-corrected chi connectivity index (χ1v) is 8.46. The Kier molecular flexibility index (Phi) is 4.94. The average molecular weight is 266 g/mol. The summed E-state index contributed by atoms with van der Waals surface area (Å²) in [5, 5.41) is 3.86. The molecule has 112 valence electrons. The minimum Gasteiger partial charge on any atom is -0.312 e. The predicted octanol–water partition coefficient (Wildman–Crippen LogP) is 3.66. The molecule has 4 unspecified atom stereocenters. The maximum Gasteiger partial charge on any atom is 0.0274 e. The van der Waals surface area contributed by atoms with Gasteiger partial charge in [0.15, 0.2) is 0 Å². The van der Waals surface area contributed by atoms with E-state index in [9.17, 15) is 0 Å². The molecule has 4 atom stereocenters. The Balaban J connectivity index is 2.08. The van der Waals surface area contributed by atoms with E-state index in [4.69, 9.17) is 0 Å². The maximum atomic E-state index is 3.86. The van der Waals surface area contributed by atoms with Crippen molar-refractivity contribution in [3.8, 4) is 0 Å². The summed E-state index contributed by atoms with van der Waals surface area (Å²) in [5.74, 6) is 0.865. The van der Waals surface area contributed by atoms with Gasteiger partial charge < -0.3 is 5.32 Å². The third-order valence-corrected chi connectivity index (χ3v) is 5.77. The van der Waals surface area contributed by atoms with Crippen LogP contribution in [0.3, 0.4) is 0 Å². The zero-order valence-corrected chi connectivity index (χ0v) is 13.7. The summed E-state index contributed by atoms with van der Waals surface area (Å²) in [6.45, 7) is 14.6. The monoisotopic (exact) mass is 266 g/mol. The van der Waals surface area contributed by atoms with E-state index in [2.05, 4.69) is 44.8 Å². The molecule has 0 aromatic carbocycles. The molecule has 1 heterocycles. The number of nitrogens with zero attached hydrogens (tertiary/aromatic N) is 1. The van der Waals surface area contributed by atoms with Crippen molar-refractivity contribution in [2.75, 3.05) is 13.1 Å². The molecule has 2 rings (SSSR count). The van der Waals surface area contributed by atoms with Crippen LogP contribution >= 0.6 is 0 Å². The van der Waals surface area contributed by atoms with Crippen LogP contribution in [0.25, 0.3) is 0 Å². The second kappa shape index (κ2) is 6.13. The summed E-state index contributed by atoms with van der Waals surface area (Å²) in [4.78, 5) is 2.83.